The topological polar surface area (TPSA) is 43.8 Å². The van der Waals surface area contributed by atoms with Crippen molar-refractivity contribution in [1.29, 1.82) is 0 Å². The first kappa shape index (κ1) is 28.6. The van der Waals surface area contributed by atoms with E-state index in [0.29, 0.717) is 32.6 Å². The molecule has 5 rings (SSSR count). The lowest BCUT2D eigenvalue weighted by Crippen LogP contribution is -2.44. The number of carbonyl (C=O) groups excluding carboxylic acids is 1. The second kappa shape index (κ2) is 10.8. The summed E-state index contributed by atoms with van der Waals surface area (Å²) in [5.74, 6) is -0.273. The molecule has 3 aromatic carbocycles. The normalized spacial score (nSPS) is 22.6. The molecular formula is C31H31ClF4N2O2. The number of benzene rings is 3. The van der Waals surface area contributed by atoms with Crippen LogP contribution in [0.1, 0.15) is 41.5 Å². The van der Waals surface area contributed by atoms with Crippen LogP contribution in [0, 0.1) is 11.7 Å². The molecule has 0 aromatic heterocycles. The number of hydrogen-bond acceptors (Lipinski definition) is 3. The Morgan fingerprint density at radius 3 is 2.30 bits per heavy atom. The summed E-state index contributed by atoms with van der Waals surface area (Å²) in [5.41, 5.74) is -1.01. The number of nitrogens with zero attached hydrogens (tertiary/aromatic N) is 2. The maximum atomic E-state index is 13.9. The molecule has 1 aliphatic carbocycles. The number of alkyl halides is 3. The van der Waals surface area contributed by atoms with Gasteiger partial charge in [0.2, 0.25) is 5.91 Å². The predicted molar refractivity (Wildman–Crippen MR) is 145 cm³/mol. The molecule has 2 fully saturated rings. The van der Waals surface area contributed by atoms with Crippen LogP contribution in [0.3, 0.4) is 0 Å². The van der Waals surface area contributed by atoms with Gasteiger partial charge in [0.25, 0.3) is 0 Å². The first-order valence-electron chi connectivity index (χ1n) is 13.3. The van der Waals surface area contributed by atoms with Crippen LogP contribution in [0.2, 0.25) is 5.02 Å². The molecule has 1 amide bonds. The van der Waals surface area contributed by atoms with Crippen molar-refractivity contribution in [3.63, 3.8) is 0 Å². The minimum Gasteiger partial charge on any atom is -0.385 e. The SMILES string of the molecule is CN(Cc1ccc(F)cc1)C(=O)C1(c2ccccc2)CC1CN1CCC(O)(c2ccc(Cl)c(C(F)(F)F)c2)CC1. The van der Waals surface area contributed by atoms with Gasteiger partial charge in [-0.15, -0.1) is 0 Å². The van der Waals surface area contributed by atoms with Crippen molar-refractivity contribution in [3.05, 3.63) is 106 Å². The van der Waals surface area contributed by atoms with Crippen LogP contribution in [-0.2, 0) is 28.5 Å². The number of aliphatic hydroxyl groups is 1. The number of likely N-dealkylation sites (tertiary alicyclic amines) is 1. The Kier molecular flexibility index (Phi) is 7.72. The summed E-state index contributed by atoms with van der Waals surface area (Å²) in [7, 11) is 1.76. The zero-order valence-corrected chi connectivity index (χ0v) is 22.9. The third-order valence-electron chi connectivity index (χ3n) is 8.43. The number of piperidine rings is 1. The van der Waals surface area contributed by atoms with E-state index in [1.54, 1.807) is 24.1 Å². The van der Waals surface area contributed by atoms with Gasteiger partial charge in [-0.3, -0.25) is 4.79 Å². The molecule has 0 spiro atoms. The minimum atomic E-state index is -4.60. The standard InChI is InChI=1S/C31H31ClF4N2O2/c1-37(19-21-7-10-25(33)11-8-21)28(39)30(22-5-3-2-4-6-22)18-24(30)20-38-15-13-29(40,14-16-38)23-9-12-27(32)26(17-23)31(34,35)36/h2-12,17,24,40H,13-16,18-20H2,1H3. The Bertz CT molecular complexity index is 1360. The summed E-state index contributed by atoms with van der Waals surface area (Å²) >= 11 is 5.77. The lowest BCUT2D eigenvalue weighted by atomic mass is 9.83. The van der Waals surface area contributed by atoms with Gasteiger partial charge in [0.05, 0.1) is 21.6 Å². The number of rotatable bonds is 7. The molecule has 212 valence electrons. The third-order valence-corrected chi connectivity index (χ3v) is 8.76. The lowest BCUT2D eigenvalue weighted by molar-refractivity contribution is -0.137. The number of likely N-dealkylation sites (N-methyl/N-ethyl adjacent to an activating group) is 1. The molecule has 1 aliphatic heterocycles. The Balaban J connectivity index is 1.28. The fourth-order valence-corrected chi connectivity index (χ4v) is 6.26. The fourth-order valence-electron chi connectivity index (χ4n) is 6.04. The molecule has 40 heavy (non-hydrogen) atoms. The maximum absolute atomic E-state index is 13.9. The number of carbonyl (C=O) groups is 1. The highest BCUT2D eigenvalue weighted by molar-refractivity contribution is 6.31. The van der Waals surface area contributed by atoms with Crippen molar-refractivity contribution in [1.82, 2.24) is 9.80 Å². The van der Waals surface area contributed by atoms with Gasteiger partial charge >= 0.3 is 6.18 Å². The molecule has 1 N–H and O–H groups in total. The Hall–Kier alpha value is -2.94. The number of halogens is 5. The smallest absolute Gasteiger partial charge is 0.385 e. The maximum Gasteiger partial charge on any atom is 0.417 e. The van der Waals surface area contributed by atoms with E-state index in [4.69, 9.17) is 11.6 Å². The van der Waals surface area contributed by atoms with Gasteiger partial charge in [0.1, 0.15) is 5.82 Å². The molecule has 1 heterocycles. The average molecular weight is 575 g/mol. The first-order chi connectivity index (χ1) is 18.9. The summed E-state index contributed by atoms with van der Waals surface area (Å²) < 4.78 is 53.5. The molecule has 4 nitrogen and oxygen atoms in total. The highest BCUT2D eigenvalue weighted by Gasteiger charge is 2.62. The van der Waals surface area contributed by atoms with Crippen LogP contribution in [0.15, 0.2) is 72.8 Å². The van der Waals surface area contributed by atoms with Crippen molar-refractivity contribution >= 4 is 17.5 Å². The molecular weight excluding hydrogens is 544 g/mol. The van der Waals surface area contributed by atoms with E-state index in [1.807, 2.05) is 30.3 Å². The summed E-state index contributed by atoms with van der Waals surface area (Å²) in [5, 5.41) is 10.9. The highest BCUT2D eigenvalue weighted by Crippen LogP contribution is 2.56. The molecule has 1 saturated carbocycles. The largest absolute Gasteiger partial charge is 0.417 e. The molecule has 1 saturated heterocycles. The molecule has 2 aliphatic rings. The fraction of sp³-hybridized carbons (Fsp3) is 0.387. The van der Waals surface area contributed by atoms with Gasteiger partial charge in [0, 0.05) is 33.2 Å². The van der Waals surface area contributed by atoms with Crippen LogP contribution in [0.5, 0.6) is 0 Å². The predicted octanol–water partition coefficient (Wildman–Crippen LogP) is 6.40. The van der Waals surface area contributed by atoms with Crippen molar-refractivity contribution < 1.29 is 27.5 Å². The van der Waals surface area contributed by atoms with E-state index in [0.717, 1.165) is 17.2 Å². The van der Waals surface area contributed by atoms with E-state index in [-0.39, 0.29) is 36.0 Å². The van der Waals surface area contributed by atoms with Crippen molar-refractivity contribution in [3.8, 4) is 0 Å². The zero-order valence-electron chi connectivity index (χ0n) is 22.1. The van der Waals surface area contributed by atoms with E-state index in [9.17, 15) is 27.5 Å². The first-order valence-corrected chi connectivity index (χ1v) is 13.7. The van der Waals surface area contributed by atoms with Gasteiger partial charge in [-0.1, -0.05) is 60.1 Å². The van der Waals surface area contributed by atoms with Crippen LogP contribution >= 0.6 is 11.6 Å². The monoisotopic (exact) mass is 574 g/mol. The molecule has 2 atom stereocenters. The Morgan fingerprint density at radius 2 is 1.68 bits per heavy atom. The van der Waals surface area contributed by atoms with E-state index in [2.05, 4.69) is 4.90 Å². The summed E-state index contributed by atoms with van der Waals surface area (Å²) in [6, 6.07) is 19.4. The molecule has 2 unspecified atom stereocenters. The van der Waals surface area contributed by atoms with Crippen LogP contribution in [-0.4, -0.2) is 47.5 Å². The van der Waals surface area contributed by atoms with Crippen LogP contribution in [0.25, 0.3) is 0 Å². The second-order valence-corrected chi connectivity index (χ2v) is 11.5. The summed E-state index contributed by atoms with van der Waals surface area (Å²) in [6.07, 6.45) is -3.38. The lowest BCUT2D eigenvalue weighted by Gasteiger charge is -2.39. The van der Waals surface area contributed by atoms with Crippen LogP contribution < -0.4 is 0 Å². The van der Waals surface area contributed by atoms with Gasteiger partial charge in [-0.25, -0.2) is 4.39 Å². The van der Waals surface area contributed by atoms with Crippen molar-refractivity contribution in [2.75, 3.05) is 26.7 Å². The van der Waals surface area contributed by atoms with Gasteiger partial charge < -0.3 is 14.9 Å². The Morgan fingerprint density at radius 1 is 1.02 bits per heavy atom. The van der Waals surface area contributed by atoms with Crippen molar-refractivity contribution in [2.45, 2.75) is 43.0 Å². The number of hydrogen-bond donors (Lipinski definition) is 1. The molecule has 9 heteroatoms. The van der Waals surface area contributed by atoms with Gasteiger partial charge in [-0.2, -0.15) is 13.2 Å². The zero-order chi connectivity index (χ0) is 28.7. The minimum absolute atomic E-state index is 0.00221. The third kappa shape index (κ3) is 5.62. The molecule has 0 bridgehead atoms. The Labute approximate surface area is 236 Å². The quantitative estimate of drug-likeness (QED) is 0.332. The average Bonchev–Trinajstić information content (AvgIpc) is 3.65. The van der Waals surface area contributed by atoms with E-state index in [1.165, 1.54) is 24.3 Å². The summed E-state index contributed by atoms with van der Waals surface area (Å²) in [4.78, 5) is 17.7. The molecule has 3 aromatic rings. The van der Waals surface area contributed by atoms with Crippen molar-refractivity contribution in [2.24, 2.45) is 5.92 Å². The summed E-state index contributed by atoms with van der Waals surface area (Å²) in [6.45, 7) is 1.97. The van der Waals surface area contributed by atoms with Crippen LogP contribution in [0.4, 0.5) is 17.6 Å². The second-order valence-electron chi connectivity index (χ2n) is 11.1. The number of amides is 1. The van der Waals surface area contributed by atoms with Gasteiger partial charge in [0.15, 0.2) is 0 Å². The molecule has 0 radical (unpaired) electrons. The van der Waals surface area contributed by atoms with Gasteiger partial charge in [-0.05, 0) is 66.1 Å². The highest BCUT2D eigenvalue weighted by atomic mass is 35.5. The van der Waals surface area contributed by atoms with E-state index < -0.39 is 27.8 Å². The van der Waals surface area contributed by atoms with E-state index >= 15 is 0 Å².